The standard InChI is InChI=1S/C14H15N3/c1-15-11-6-2-4-8-13(11)17-10-16-12-7-3-5-9-14(12)17/h3-5,7-9,16H,1-2,6,10H2. The van der Waals surface area contributed by atoms with Gasteiger partial charge in [0.25, 0.3) is 0 Å². The summed E-state index contributed by atoms with van der Waals surface area (Å²) in [6, 6.07) is 8.34. The summed E-state index contributed by atoms with van der Waals surface area (Å²) < 4.78 is 0. The van der Waals surface area contributed by atoms with Crippen LogP contribution in [-0.4, -0.2) is 13.4 Å². The number of aliphatic imine (C=N–C) groups is 1. The van der Waals surface area contributed by atoms with Gasteiger partial charge in [-0.15, -0.1) is 0 Å². The Balaban J connectivity index is 2.04. The summed E-state index contributed by atoms with van der Waals surface area (Å²) in [6.07, 6.45) is 6.39. The van der Waals surface area contributed by atoms with Gasteiger partial charge in [-0.25, -0.2) is 0 Å². The van der Waals surface area contributed by atoms with Crippen molar-refractivity contribution in [1.29, 1.82) is 0 Å². The number of benzene rings is 1. The van der Waals surface area contributed by atoms with Crippen LogP contribution in [0.4, 0.5) is 11.4 Å². The Morgan fingerprint density at radius 3 is 3.06 bits per heavy atom. The minimum Gasteiger partial charge on any atom is -0.366 e. The summed E-state index contributed by atoms with van der Waals surface area (Å²) in [7, 11) is 0. The molecule has 0 amide bonds. The lowest BCUT2D eigenvalue weighted by atomic mass is 10.1. The fourth-order valence-corrected chi connectivity index (χ4v) is 2.37. The number of fused-ring (bicyclic) bond motifs is 1. The quantitative estimate of drug-likeness (QED) is 0.783. The van der Waals surface area contributed by atoms with Crippen molar-refractivity contribution in [1.82, 2.24) is 0 Å². The maximum atomic E-state index is 4.16. The van der Waals surface area contributed by atoms with Crippen molar-refractivity contribution < 1.29 is 0 Å². The van der Waals surface area contributed by atoms with Crippen LogP contribution in [0, 0.1) is 0 Å². The molecule has 0 fully saturated rings. The summed E-state index contributed by atoms with van der Waals surface area (Å²) in [4.78, 5) is 6.41. The minimum atomic E-state index is 0.804. The zero-order valence-corrected chi connectivity index (χ0v) is 9.69. The third-order valence-electron chi connectivity index (χ3n) is 3.22. The lowest BCUT2D eigenvalue weighted by Gasteiger charge is -2.23. The highest BCUT2D eigenvalue weighted by molar-refractivity contribution is 5.78. The predicted molar refractivity (Wildman–Crippen MR) is 72.4 cm³/mol. The van der Waals surface area contributed by atoms with Gasteiger partial charge in [0.15, 0.2) is 0 Å². The van der Waals surface area contributed by atoms with Gasteiger partial charge in [-0.1, -0.05) is 18.2 Å². The van der Waals surface area contributed by atoms with Crippen LogP contribution in [0.25, 0.3) is 0 Å². The van der Waals surface area contributed by atoms with E-state index in [4.69, 9.17) is 0 Å². The molecule has 0 saturated heterocycles. The van der Waals surface area contributed by atoms with Gasteiger partial charge in [0.1, 0.15) is 0 Å². The Kier molecular flexibility index (Phi) is 2.44. The number of rotatable bonds is 2. The molecule has 1 aromatic carbocycles. The molecule has 1 aliphatic carbocycles. The highest BCUT2D eigenvalue weighted by atomic mass is 15.3. The average molecular weight is 225 g/mol. The topological polar surface area (TPSA) is 27.6 Å². The molecular formula is C14H15N3. The molecule has 0 bridgehead atoms. The van der Waals surface area contributed by atoms with Gasteiger partial charge in [0.2, 0.25) is 0 Å². The number of anilines is 2. The van der Waals surface area contributed by atoms with Gasteiger partial charge in [-0.2, -0.15) is 0 Å². The SMILES string of the molecule is C=NC1=C(N2CNc3ccccc32)C=CCC1. The van der Waals surface area contributed by atoms with E-state index in [1.807, 2.05) is 6.07 Å². The van der Waals surface area contributed by atoms with E-state index in [0.717, 1.165) is 25.2 Å². The van der Waals surface area contributed by atoms with Gasteiger partial charge in [-0.05, 0) is 37.8 Å². The third-order valence-corrected chi connectivity index (χ3v) is 3.22. The first-order valence-electron chi connectivity index (χ1n) is 5.87. The molecule has 17 heavy (non-hydrogen) atoms. The van der Waals surface area contributed by atoms with Gasteiger partial charge in [0, 0.05) is 0 Å². The number of nitrogens with one attached hydrogen (secondary N) is 1. The zero-order chi connectivity index (χ0) is 11.7. The molecule has 1 aliphatic heterocycles. The van der Waals surface area contributed by atoms with Gasteiger partial charge < -0.3 is 10.2 Å². The Bertz CT molecular complexity index is 514. The molecule has 1 aromatic rings. The first kappa shape index (κ1) is 10.1. The molecule has 1 N–H and O–H groups in total. The molecule has 2 aliphatic rings. The fraction of sp³-hybridized carbons (Fsp3) is 0.214. The summed E-state index contributed by atoms with van der Waals surface area (Å²) in [5.41, 5.74) is 4.66. The van der Waals surface area contributed by atoms with E-state index < -0.39 is 0 Å². The lowest BCUT2D eigenvalue weighted by molar-refractivity contribution is 0.888. The molecule has 0 aromatic heterocycles. The molecule has 0 saturated carbocycles. The number of hydrogen-bond acceptors (Lipinski definition) is 3. The van der Waals surface area contributed by atoms with E-state index in [9.17, 15) is 0 Å². The second-order valence-corrected chi connectivity index (χ2v) is 4.21. The summed E-state index contributed by atoms with van der Waals surface area (Å²) in [5, 5.41) is 3.39. The molecule has 3 nitrogen and oxygen atoms in total. The summed E-state index contributed by atoms with van der Waals surface area (Å²) in [6.45, 7) is 4.48. The molecule has 86 valence electrons. The first-order valence-corrected chi connectivity index (χ1v) is 5.87. The Morgan fingerprint density at radius 2 is 2.18 bits per heavy atom. The zero-order valence-electron chi connectivity index (χ0n) is 9.69. The first-order chi connectivity index (χ1) is 8.40. The van der Waals surface area contributed by atoms with E-state index in [0.29, 0.717) is 0 Å². The highest BCUT2D eigenvalue weighted by Crippen LogP contribution is 2.36. The molecule has 3 heteroatoms. The molecule has 0 atom stereocenters. The Morgan fingerprint density at radius 1 is 1.29 bits per heavy atom. The van der Waals surface area contributed by atoms with E-state index >= 15 is 0 Å². The molecule has 0 spiro atoms. The van der Waals surface area contributed by atoms with Crippen LogP contribution >= 0.6 is 0 Å². The maximum absolute atomic E-state index is 4.16. The van der Waals surface area contributed by atoms with E-state index in [-0.39, 0.29) is 0 Å². The monoisotopic (exact) mass is 225 g/mol. The van der Waals surface area contributed by atoms with E-state index in [1.165, 1.54) is 17.1 Å². The summed E-state index contributed by atoms with van der Waals surface area (Å²) >= 11 is 0. The van der Waals surface area contributed by atoms with Crippen molar-refractivity contribution in [3.05, 3.63) is 47.8 Å². The average Bonchev–Trinajstić information content (AvgIpc) is 2.82. The van der Waals surface area contributed by atoms with Crippen LogP contribution in [0.5, 0.6) is 0 Å². The lowest BCUT2D eigenvalue weighted by Crippen LogP contribution is -2.23. The summed E-state index contributed by atoms with van der Waals surface area (Å²) in [5.74, 6) is 0. The molecule has 1 heterocycles. The van der Waals surface area contributed by atoms with E-state index in [2.05, 4.69) is 52.3 Å². The highest BCUT2D eigenvalue weighted by Gasteiger charge is 2.22. The molecular weight excluding hydrogens is 210 g/mol. The number of hydrogen-bond donors (Lipinski definition) is 1. The van der Waals surface area contributed by atoms with Gasteiger partial charge in [-0.3, -0.25) is 4.99 Å². The molecule has 3 rings (SSSR count). The van der Waals surface area contributed by atoms with Crippen molar-refractivity contribution in [2.24, 2.45) is 4.99 Å². The van der Waals surface area contributed by atoms with Crippen molar-refractivity contribution in [3.63, 3.8) is 0 Å². The fourth-order valence-electron chi connectivity index (χ4n) is 2.37. The number of para-hydroxylation sites is 2. The van der Waals surface area contributed by atoms with Crippen LogP contribution in [-0.2, 0) is 0 Å². The molecule has 0 unspecified atom stereocenters. The van der Waals surface area contributed by atoms with Gasteiger partial charge >= 0.3 is 0 Å². The second kappa shape index (κ2) is 4.09. The third kappa shape index (κ3) is 1.64. The smallest absolute Gasteiger partial charge is 0.0927 e. The molecule has 0 radical (unpaired) electrons. The Labute approximate surface area is 101 Å². The predicted octanol–water partition coefficient (Wildman–Crippen LogP) is 3.14. The van der Waals surface area contributed by atoms with Crippen LogP contribution in [0.3, 0.4) is 0 Å². The largest absolute Gasteiger partial charge is 0.366 e. The minimum absolute atomic E-state index is 0.804. The second-order valence-electron chi connectivity index (χ2n) is 4.21. The van der Waals surface area contributed by atoms with Crippen LogP contribution in [0.1, 0.15) is 12.8 Å². The van der Waals surface area contributed by atoms with Crippen molar-refractivity contribution in [2.45, 2.75) is 12.8 Å². The maximum Gasteiger partial charge on any atom is 0.0927 e. The van der Waals surface area contributed by atoms with E-state index in [1.54, 1.807) is 0 Å². The van der Waals surface area contributed by atoms with Crippen molar-refractivity contribution in [3.8, 4) is 0 Å². The Hall–Kier alpha value is -2.03. The normalized spacial score (nSPS) is 18.0. The number of nitrogens with zero attached hydrogens (tertiary/aromatic N) is 2. The number of allylic oxidation sites excluding steroid dienone is 3. The van der Waals surface area contributed by atoms with Gasteiger partial charge in [0.05, 0.1) is 29.4 Å². The van der Waals surface area contributed by atoms with Crippen molar-refractivity contribution in [2.75, 3.05) is 16.9 Å². The van der Waals surface area contributed by atoms with Crippen LogP contribution in [0.2, 0.25) is 0 Å². The van der Waals surface area contributed by atoms with Crippen LogP contribution < -0.4 is 10.2 Å². The van der Waals surface area contributed by atoms with Crippen LogP contribution in [0.15, 0.2) is 52.8 Å². The van der Waals surface area contributed by atoms with Crippen molar-refractivity contribution >= 4 is 18.1 Å².